The maximum Gasteiger partial charge on any atom is 0.243 e. The first-order chi connectivity index (χ1) is 14.5. The molecule has 2 aromatic rings. The highest BCUT2D eigenvalue weighted by atomic mass is 32.2. The Balaban J connectivity index is 1.35. The molecule has 0 spiro atoms. The molecule has 1 aliphatic rings. The van der Waals surface area contributed by atoms with E-state index in [2.05, 4.69) is 10.2 Å². The Morgan fingerprint density at radius 1 is 1.00 bits per heavy atom. The minimum atomic E-state index is -3.43. The van der Waals surface area contributed by atoms with Gasteiger partial charge in [-0.1, -0.05) is 30.3 Å². The van der Waals surface area contributed by atoms with Crippen molar-refractivity contribution in [3.63, 3.8) is 0 Å². The number of hydrogen-bond donors (Lipinski definition) is 1. The van der Waals surface area contributed by atoms with Crippen molar-refractivity contribution in [2.24, 2.45) is 0 Å². The van der Waals surface area contributed by atoms with Gasteiger partial charge < -0.3 is 10.1 Å². The standard InChI is InChI=1S/C22H29N3O4S/c1-29-20-10-7-19(8-11-20)9-12-22(26)23-13-14-24-15-17-25(18-16-24)30(27,28)21-5-3-2-4-6-21/h2-8,10-11H,9,12-18H2,1H3,(H,23,26). The summed E-state index contributed by atoms with van der Waals surface area (Å²) in [4.78, 5) is 14.6. The van der Waals surface area contributed by atoms with Crippen LogP contribution in [0.1, 0.15) is 12.0 Å². The van der Waals surface area contributed by atoms with Gasteiger partial charge in [0.2, 0.25) is 15.9 Å². The SMILES string of the molecule is COc1ccc(CCC(=O)NCCN2CCN(S(=O)(=O)c3ccccc3)CC2)cc1. The highest BCUT2D eigenvalue weighted by Gasteiger charge is 2.28. The lowest BCUT2D eigenvalue weighted by Gasteiger charge is -2.33. The fourth-order valence-electron chi connectivity index (χ4n) is 3.43. The molecule has 3 rings (SSSR count). The van der Waals surface area contributed by atoms with E-state index >= 15 is 0 Å². The normalized spacial score (nSPS) is 15.6. The maximum absolute atomic E-state index is 12.7. The van der Waals surface area contributed by atoms with Crippen molar-refractivity contribution < 1.29 is 17.9 Å². The van der Waals surface area contributed by atoms with Crippen molar-refractivity contribution in [3.05, 3.63) is 60.2 Å². The van der Waals surface area contributed by atoms with Gasteiger partial charge >= 0.3 is 0 Å². The van der Waals surface area contributed by atoms with E-state index in [1.54, 1.807) is 31.4 Å². The highest BCUT2D eigenvalue weighted by molar-refractivity contribution is 7.89. The minimum absolute atomic E-state index is 0.0242. The van der Waals surface area contributed by atoms with Crippen molar-refractivity contribution in [3.8, 4) is 5.75 Å². The molecule has 30 heavy (non-hydrogen) atoms. The second kappa shape index (κ2) is 10.6. The highest BCUT2D eigenvalue weighted by Crippen LogP contribution is 2.17. The van der Waals surface area contributed by atoms with Gasteiger partial charge in [-0.15, -0.1) is 0 Å². The van der Waals surface area contributed by atoms with E-state index in [4.69, 9.17) is 4.74 Å². The van der Waals surface area contributed by atoms with Crippen LogP contribution >= 0.6 is 0 Å². The number of methoxy groups -OCH3 is 1. The van der Waals surface area contributed by atoms with Gasteiger partial charge in [-0.2, -0.15) is 4.31 Å². The number of carbonyl (C=O) groups is 1. The largest absolute Gasteiger partial charge is 0.497 e. The second-order valence-electron chi connectivity index (χ2n) is 7.26. The van der Waals surface area contributed by atoms with Gasteiger partial charge in [0, 0.05) is 45.7 Å². The monoisotopic (exact) mass is 431 g/mol. The van der Waals surface area contributed by atoms with E-state index in [0.717, 1.165) is 11.3 Å². The molecule has 1 amide bonds. The molecule has 0 unspecified atom stereocenters. The Morgan fingerprint density at radius 2 is 1.67 bits per heavy atom. The lowest BCUT2D eigenvalue weighted by atomic mass is 10.1. The van der Waals surface area contributed by atoms with Crippen molar-refractivity contribution in [1.29, 1.82) is 0 Å². The molecule has 0 aliphatic carbocycles. The Bertz CT molecular complexity index is 909. The lowest BCUT2D eigenvalue weighted by Crippen LogP contribution is -2.50. The summed E-state index contributed by atoms with van der Waals surface area (Å²) in [6, 6.07) is 16.3. The number of nitrogens with zero attached hydrogens (tertiary/aromatic N) is 2. The molecule has 0 aromatic heterocycles. The van der Waals surface area contributed by atoms with Crippen LogP contribution in [0, 0.1) is 0 Å². The third-order valence-electron chi connectivity index (χ3n) is 5.26. The first kappa shape index (κ1) is 22.3. The maximum atomic E-state index is 12.7. The summed E-state index contributed by atoms with van der Waals surface area (Å²) in [6.07, 6.45) is 1.13. The molecule has 1 aliphatic heterocycles. The summed E-state index contributed by atoms with van der Waals surface area (Å²) in [7, 11) is -1.80. The smallest absolute Gasteiger partial charge is 0.243 e. The Morgan fingerprint density at radius 3 is 2.30 bits per heavy atom. The molecule has 1 saturated heterocycles. The van der Waals surface area contributed by atoms with Crippen molar-refractivity contribution in [2.45, 2.75) is 17.7 Å². The summed E-state index contributed by atoms with van der Waals surface area (Å²) in [6.45, 7) is 3.52. The van der Waals surface area contributed by atoms with Gasteiger partial charge in [0.15, 0.2) is 0 Å². The van der Waals surface area contributed by atoms with E-state index in [9.17, 15) is 13.2 Å². The minimum Gasteiger partial charge on any atom is -0.497 e. The molecule has 0 bridgehead atoms. The van der Waals surface area contributed by atoms with Crippen LogP contribution in [0.4, 0.5) is 0 Å². The van der Waals surface area contributed by atoms with Gasteiger partial charge in [0.1, 0.15) is 5.75 Å². The zero-order valence-corrected chi connectivity index (χ0v) is 18.1. The fraction of sp³-hybridized carbons (Fsp3) is 0.409. The summed E-state index contributed by atoms with van der Waals surface area (Å²) < 4.78 is 32.0. The van der Waals surface area contributed by atoms with E-state index in [0.29, 0.717) is 57.0 Å². The number of amides is 1. The average Bonchev–Trinajstić information content (AvgIpc) is 2.79. The van der Waals surface area contributed by atoms with E-state index in [-0.39, 0.29) is 5.91 Å². The molecule has 1 N–H and O–H groups in total. The van der Waals surface area contributed by atoms with E-state index in [1.807, 2.05) is 30.3 Å². The molecule has 2 aromatic carbocycles. The van der Waals surface area contributed by atoms with Gasteiger partial charge in [0.05, 0.1) is 12.0 Å². The third-order valence-corrected chi connectivity index (χ3v) is 7.18. The van der Waals surface area contributed by atoms with Crippen LogP contribution in [-0.4, -0.2) is 69.9 Å². The zero-order chi connectivity index (χ0) is 21.4. The molecule has 1 heterocycles. The first-order valence-electron chi connectivity index (χ1n) is 10.2. The number of rotatable bonds is 9. The van der Waals surface area contributed by atoms with Crippen molar-refractivity contribution in [1.82, 2.24) is 14.5 Å². The Hall–Kier alpha value is -2.42. The predicted molar refractivity (Wildman–Crippen MR) is 116 cm³/mol. The van der Waals surface area contributed by atoms with Crippen LogP contribution < -0.4 is 10.1 Å². The summed E-state index contributed by atoms with van der Waals surface area (Å²) in [5.41, 5.74) is 1.10. The number of piperazine rings is 1. The fourth-order valence-corrected chi connectivity index (χ4v) is 4.87. The van der Waals surface area contributed by atoms with Gasteiger partial charge in [-0.25, -0.2) is 8.42 Å². The quantitative estimate of drug-likeness (QED) is 0.655. The van der Waals surface area contributed by atoms with Crippen molar-refractivity contribution >= 4 is 15.9 Å². The zero-order valence-electron chi connectivity index (χ0n) is 17.3. The number of aryl methyl sites for hydroxylation is 1. The average molecular weight is 432 g/mol. The van der Waals surface area contributed by atoms with Crippen LogP contribution in [0.5, 0.6) is 5.75 Å². The number of sulfonamides is 1. The van der Waals surface area contributed by atoms with E-state index in [1.165, 1.54) is 4.31 Å². The molecule has 1 fully saturated rings. The Labute approximate surface area is 178 Å². The predicted octanol–water partition coefficient (Wildman–Crippen LogP) is 1.75. The van der Waals surface area contributed by atoms with Crippen LogP contribution in [0.15, 0.2) is 59.5 Å². The topological polar surface area (TPSA) is 79.0 Å². The summed E-state index contributed by atoms with van der Waals surface area (Å²) in [5.74, 6) is 0.830. The third kappa shape index (κ3) is 6.04. The van der Waals surface area contributed by atoms with E-state index < -0.39 is 10.0 Å². The number of benzene rings is 2. The molecule has 162 valence electrons. The van der Waals surface area contributed by atoms with Crippen molar-refractivity contribution in [2.75, 3.05) is 46.4 Å². The molecular weight excluding hydrogens is 402 g/mol. The van der Waals surface area contributed by atoms with Gasteiger partial charge in [-0.05, 0) is 36.2 Å². The van der Waals surface area contributed by atoms with Crippen LogP contribution in [-0.2, 0) is 21.2 Å². The lowest BCUT2D eigenvalue weighted by molar-refractivity contribution is -0.121. The number of ether oxygens (including phenoxy) is 1. The molecule has 0 atom stereocenters. The molecule has 8 heteroatoms. The summed E-state index contributed by atoms with van der Waals surface area (Å²) >= 11 is 0. The Kier molecular flexibility index (Phi) is 7.84. The molecular formula is C22H29N3O4S. The van der Waals surface area contributed by atoms with Gasteiger partial charge in [0.25, 0.3) is 0 Å². The van der Waals surface area contributed by atoms with Crippen LogP contribution in [0.25, 0.3) is 0 Å². The second-order valence-corrected chi connectivity index (χ2v) is 9.19. The number of carbonyl (C=O) groups excluding carboxylic acids is 1. The number of nitrogens with one attached hydrogen (secondary N) is 1. The number of hydrogen-bond acceptors (Lipinski definition) is 5. The molecule has 0 saturated carbocycles. The van der Waals surface area contributed by atoms with Crippen LogP contribution in [0.3, 0.4) is 0 Å². The first-order valence-corrected chi connectivity index (χ1v) is 11.6. The van der Waals surface area contributed by atoms with Crippen LogP contribution in [0.2, 0.25) is 0 Å². The molecule has 0 radical (unpaired) electrons. The summed E-state index contributed by atoms with van der Waals surface area (Å²) in [5, 5.41) is 2.95. The molecule has 7 nitrogen and oxygen atoms in total. The van der Waals surface area contributed by atoms with Gasteiger partial charge in [-0.3, -0.25) is 9.69 Å².